The van der Waals surface area contributed by atoms with Crippen LogP contribution in [0.25, 0.3) is 11.1 Å². The minimum atomic E-state index is -1.43. The zero-order chi connectivity index (χ0) is 29.5. The van der Waals surface area contributed by atoms with Crippen LogP contribution in [0.15, 0.2) is 103 Å². The second-order valence-corrected chi connectivity index (χ2v) is 10.8. The summed E-state index contributed by atoms with van der Waals surface area (Å²) in [4.78, 5) is 40.0. The molecule has 5 rings (SSSR count). The maximum Gasteiger partial charge on any atom is 0.329 e. The topological polar surface area (TPSA) is 95.9 Å². The minimum absolute atomic E-state index is 0.0373. The first-order valence-corrected chi connectivity index (χ1v) is 14.1. The fraction of sp³-hybridized carbons (Fsp3) is 0.206. The lowest BCUT2D eigenvalue weighted by Gasteiger charge is -2.39. The van der Waals surface area contributed by atoms with Crippen LogP contribution in [0, 0.1) is 0 Å². The Morgan fingerprint density at radius 1 is 0.810 bits per heavy atom. The number of carboxylic acids is 1. The van der Waals surface area contributed by atoms with Gasteiger partial charge in [-0.3, -0.25) is 9.59 Å². The lowest BCUT2D eigenvalue weighted by molar-refractivity contribution is -0.149. The smallest absolute Gasteiger partial charge is 0.329 e. The van der Waals surface area contributed by atoms with E-state index >= 15 is 0 Å². The summed E-state index contributed by atoms with van der Waals surface area (Å²) in [5.41, 5.74) is 2.78. The van der Waals surface area contributed by atoms with E-state index in [0.29, 0.717) is 22.9 Å². The number of amides is 2. The van der Waals surface area contributed by atoms with E-state index in [2.05, 4.69) is 5.32 Å². The Balaban J connectivity index is 1.15. The van der Waals surface area contributed by atoms with E-state index in [1.165, 1.54) is 0 Å². The molecular weight excluding hydrogens is 552 g/mol. The molecule has 4 aromatic carbocycles. The first-order chi connectivity index (χ1) is 20.3. The van der Waals surface area contributed by atoms with Gasteiger partial charge in [0.1, 0.15) is 17.9 Å². The number of hydrogen-bond acceptors (Lipinski definition) is 4. The van der Waals surface area contributed by atoms with Gasteiger partial charge in [0.15, 0.2) is 0 Å². The van der Waals surface area contributed by atoms with Gasteiger partial charge in [-0.05, 0) is 71.5 Å². The second-order valence-electron chi connectivity index (χ2n) is 10.4. The third-order valence-electron chi connectivity index (χ3n) is 7.52. The van der Waals surface area contributed by atoms with Gasteiger partial charge in [0.05, 0.1) is 6.42 Å². The van der Waals surface area contributed by atoms with E-state index < -0.39 is 11.5 Å². The lowest BCUT2D eigenvalue weighted by Crippen LogP contribution is -2.60. The van der Waals surface area contributed by atoms with Crippen LogP contribution in [0.5, 0.6) is 5.75 Å². The van der Waals surface area contributed by atoms with Crippen molar-refractivity contribution in [3.8, 4) is 16.9 Å². The van der Waals surface area contributed by atoms with Crippen molar-refractivity contribution in [3.63, 3.8) is 0 Å². The van der Waals surface area contributed by atoms with Gasteiger partial charge in [0, 0.05) is 23.7 Å². The number of piperidine rings is 1. The van der Waals surface area contributed by atoms with Gasteiger partial charge in [-0.15, -0.1) is 0 Å². The summed E-state index contributed by atoms with van der Waals surface area (Å²) in [5, 5.41) is 13.4. The summed E-state index contributed by atoms with van der Waals surface area (Å²) in [6.07, 6.45) is 0.273. The fourth-order valence-corrected chi connectivity index (χ4v) is 5.27. The Morgan fingerprint density at radius 3 is 2.14 bits per heavy atom. The fourth-order valence-electron chi connectivity index (χ4n) is 5.08. The van der Waals surface area contributed by atoms with E-state index in [9.17, 15) is 19.5 Å². The molecular formula is C34H31ClN2O5. The highest BCUT2D eigenvalue weighted by atomic mass is 35.5. The number of hydrogen-bond donors (Lipinski definition) is 2. The van der Waals surface area contributed by atoms with Crippen molar-refractivity contribution in [2.24, 2.45) is 0 Å². The van der Waals surface area contributed by atoms with E-state index in [4.69, 9.17) is 16.3 Å². The largest absolute Gasteiger partial charge is 0.489 e. The van der Waals surface area contributed by atoms with Gasteiger partial charge in [0.25, 0.3) is 5.91 Å². The Kier molecular flexibility index (Phi) is 8.88. The van der Waals surface area contributed by atoms with Crippen molar-refractivity contribution in [1.29, 1.82) is 0 Å². The lowest BCUT2D eigenvalue weighted by atomic mass is 9.86. The number of nitrogens with zero attached hydrogens (tertiary/aromatic N) is 1. The number of halogens is 1. The molecule has 0 radical (unpaired) electrons. The van der Waals surface area contributed by atoms with Crippen LogP contribution in [-0.2, 0) is 22.6 Å². The molecule has 0 bridgehead atoms. The molecule has 1 fully saturated rings. The van der Waals surface area contributed by atoms with Crippen LogP contribution in [0.4, 0.5) is 0 Å². The average Bonchev–Trinajstić information content (AvgIpc) is 3.01. The molecule has 0 unspecified atom stereocenters. The van der Waals surface area contributed by atoms with Crippen molar-refractivity contribution < 1.29 is 24.2 Å². The summed E-state index contributed by atoms with van der Waals surface area (Å²) in [7, 11) is 0. The normalized spacial score (nSPS) is 14.2. The van der Waals surface area contributed by atoms with Gasteiger partial charge in [0.2, 0.25) is 5.91 Å². The van der Waals surface area contributed by atoms with Crippen LogP contribution < -0.4 is 10.1 Å². The number of aliphatic carboxylic acids is 1. The quantitative estimate of drug-likeness (QED) is 0.252. The first-order valence-electron chi connectivity index (χ1n) is 13.8. The van der Waals surface area contributed by atoms with Crippen molar-refractivity contribution in [1.82, 2.24) is 10.2 Å². The standard InChI is InChI=1S/C34H31ClN2O5/c35-29-8-4-7-28(22-29)26-11-13-27(14-12-26)32(39)37-19-17-34(18-20-37,33(40)41)36-31(38)21-24-9-15-30(16-10-24)42-23-25-5-2-1-3-6-25/h1-16,22H,17-21,23H2,(H,36,38)(H,40,41). The molecule has 0 saturated carbocycles. The maximum absolute atomic E-state index is 13.2. The number of likely N-dealkylation sites (tertiary alicyclic amines) is 1. The molecule has 42 heavy (non-hydrogen) atoms. The summed E-state index contributed by atoms with van der Waals surface area (Å²) >= 11 is 6.10. The highest BCUT2D eigenvalue weighted by molar-refractivity contribution is 6.30. The van der Waals surface area contributed by atoms with Crippen LogP contribution in [0.1, 0.15) is 34.3 Å². The summed E-state index contributed by atoms with van der Waals surface area (Å²) < 4.78 is 5.80. The van der Waals surface area contributed by atoms with Crippen molar-refractivity contribution in [2.45, 2.75) is 31.4 Å². The van der Waals surface area contributed by atoms with E-state index in [0.717, 1.165) is 22.3 Å². The summed E-state index contributed by atoms with van der Waals surface area (Å²) in [6.45, 7) is 0.874. The number of carboxylic acid groups (broad SMARTS) is 1. The zero-order valence-corrected chi connectivity index (χ0v) is 23.7. The van der Waals surface area contributed by atoms with E-state index in [1.54, 1.807) is 47.4 Å². The van der Waals surface area contributed by atoms with E-state index in [-0.39, 0.29) is 44.2 Å². The maximum atomic E-state index is 13.2. The Labute approximate surface area is 249 Å². The van der Waals surface area contributed by atoms with E-state index in [1.807, 2.05) is 60.7 Å². The molecule has 0 atom stereocenters. The van der Waals surface area contributed by atoms with Gasteiger partial charge in [-0.2, -0.15) is 0 Å². The Morgan fingerprint density at radius 2 is 1.50 bits per heavy atom. The molecule has 4 aromatic rings. The molecule has 1 aliphatic rings. The summed E-state index contributed by atoms with van der Waals surface area (Å²) in [6, 6.07) is 31.8. The first kappa shape index (κ1) is 28.9. The van der Waals surface area contributed by atoms with Crippen LogP contribution in [0.2, 0.25) is 5.02 Å². The highest BCUT2D eigenvalue weighted by Gasteiger charge is 2.43. The predicted octanol–water partition coefficient (Wildman–Crippen LogP) is 6.00. The van der Waals surface area contributed by atoms with Crippen LogP contribution >= 0.6 is 11.6 Å². The molecule has 1 saturated heterocycles. The Bertz CT molecular complexity index is 1550. The second kappa shape index (κ2) is 12.9. The van der Waals surface area contributed by atoms with Crippen molar-refractivity contribution in [3.05, 3.63) is 125 Å². The molecule has 214 valence electrons. The molecule has 1 heterocycles. The average molecular weight is 583 g/mol. The minimum Gasteiger partial charge on any atom is -0.489 e. The van der Waals surface area contributed by atoms with Gasteiger partial charge in [-0.25, -0.2) is 4.79 Å². The van der Waals surface area contributed by atoms with Crippen molar-refractivity contribution in [2.75, 3.05) is 13.1 Å². The number of nitrogens with one attached hydrogen (secondary N) is 1. The van der Waals surface area contributed by atoms with Crippen LogP contribution in [-0.4, -0.2) is 46.4 Å². The number of benzene rings is 4. The summed E-state index contributed by atoms with van der Waals surface area (Å²) in [5.74, 6) is -0.973. The molecule has 0 aliphatic carbocycles. The molecule has 2 N–H and O–H groups in total. The Hall–Kier alpha value is -4.62. The molecule has 2 amide bonds. The molecule has 7 nitrogen and oxygen atoms in total. The molecule has 8 heteroatoms. The molecule has 1 aliphatic heterocycles. The van der Waals surface area contributed by atoms with Crippen LogP contribution in [0.3, 0.4) is 0 Å². The zero-order valence-electron chi connectivity index (χ0n) is 23.0. The van der Waals surface area contributed by atoms with Gasteiger partial charge in [-0.1, -0.05) is 78.3 Å². The highest BCUT2D eigenvalue weighted by Crippen LogP contribution is 2.27. The number of carbonyl (C=O) groups excluding carboxylic acids is 2. The third-order valence-corrected chi connectivity index (χ3v) is 7.75. The van der Waals surface area contributed by atoms with Gasteiger partial charge >= 0.3 is 5.97 Å². The van der Waals surface area contributed by atoms with Gasteiger partial charge < -0.3 is 20.1 Å². The van der Waals surface area contributed by atoms with Crippen molar-refractivity contribution >= 4 is 29.4 Å². The molecule has 0 aromatic heterocycles. The monoisotopic (exact) mass is 582 g/mol. The number of rotatable bonds is 9. The SMILES string of the molecule is O=C(Cc1ccc(OCc2ccccc2)cc1)NC1(C(=O)O)CCN(C(=O)c2ccc(-c3cccc(Cl)c3)cc2)CC1. The molecule has 0 spiro atoms. The predicted molar refractivity (Wildman–Crippen MR) is 161 cm³/mol. The number of carbonyl (C=O) groups is 3. The number of ether oxygens (including phenoxy) is 1. The third kappa shape index (κ3) is 6.98.